The SMILES string of the molecule is O=C(Cn1c(=O)c(-c2ccc(Cl)cc2)cc2cccnc21)c1ccccc1. The summed E-state index contributed by atoms with van der Waals surface area (Å²) in [5.74, 6) is -0.141. The maximum absolute atomic E-state index is 13.2. The van der Waals surface area contributed by atoms with E-state index >= 15 is 0 Å². The van der Waals surface area contributed by atoms with Gasteiger partial charge >= 0.3 is 0 Å². The number of carbonyl (C=O) groups excluding carboxylic acids is 1. The molecular formula is C22H15ClN2O2. The Bertz CT molecular complexity index is 1180. The maximum Gasteiger partial charge on any atom is 0.260 e. The quantitative estimate of drug-likeness (QED) is 0.490. The Morgan fingerprint density at radius 2 is 1.70 bits per heavy atom. The van der Waals surface area contributed by atoms with Crippen LogP contribution in [-0.4, -0.2) is 15.3 Å². The van der Waals surface area contributed by atoms with Crippen molar-refractivity contribution in [3.8, 4) is 11.1 Å². The predicted octanol–water partition coefficient (Wildman–Crippen LogP) is 4.60. The van der Waals surface area contributed by atoms with Crippen LogP contribution >= 0.6 is 11.6 Å². The van der Waals surface area contributed by atoms with Crippen LogP contribution in [0.4, 0.5) is 0 Å². The number of hydrogen-bond donors (Lipinski definition) is 0. The van der Waals surface area contributed by atoms with E-state index in [2.05, 4.69) is 4.98 Å². The normalized spacial score (nSPS) is 10.9. The number of pyridine rings is 2. The van der Waals surface area contributed by atoms with Gasteiger partial charge in [0, 0.05) is 27.7 Å². The van der Waals surface area contributed by atoms with E-state index in [9.17, 15) is 9.59 Å². The fourth-order valence-electron chi connectivity index (χ4n) is 3.05. The number of aromatic nitrogens is 2. The van der Waals surface area contributed by atoms with E-state index in [0.29, 0.717) is 21.8 Å². The molecule has 27 heavy (non-hydrogen) atoms. The molecule has 4 aromatic rings. The van der Waals surface area contributed by atoms with Gasteiger partial charge in [-0.2, -0.15) is 0 Å². The molecule has 4 rings (SSSR count). The van der Waals surface area contributed by atoms with E-state index in [0.717, 1.165) is 10.9 Å². The van der Waals surface area contributed by atoms with Gasteiger partial charge in [0.25, 0.3) is 5.56 Å². The van der Waals surface area contributed by atoms with Gasteiger partial charge in [0.05, 0.1) is 6.54 Å². The summed E-state index contributed by atoms with van der Waals surface area (Å²) in [5.41, 5.74) is 2.05. The summed E-state index contributed by atoms with van der Waals surface area (Å²) in [6, 6.07) is 21.5. The molecule has 0 atom stereocenters. The third kappa shape index (κ3) is 3.39. The number of rotatable bonds is 4. The van der Waals surface area contributed by atoms with Crippen LogP contribution < -0.4 is 5.56 Å². The molecule has 0 saturated carbocycles. The molecule has 5 heteroatoms. The van der Waals surface area contributed by atoms with Gasteiger partial charge in [-0.3, -0.25) is 14.2 Å². The molecule has 0 aliphatic rings. The lowest BCUT2D eigenvalue weighted by molar-refractivity contribution is 0.0972. The Kier molecular flexibility index (Phi) is 4.57. The molecule has 0 bridgehead atoms. The monoisotopic (exact) mass is 374 g/mol. The Labute approximate surface area is 160 Å². The number of ketones is 1. The van der Waals surface area contributed by atoms with E-state index in [1.54, 1.807) is 60.8 Å². The first-order chi connectivity index (χ1) is 13.1. The third-order valence-corrected chi connectivity index (χ3v) is 4.65. The third-order valence-electron chi connectivity index (χ3n) is 4.40. The lowest BCUT2D eigenvalue weighted by atomic mass is 10.1. The number of Topliss-reactive ketones (excluding diaryl/α,β-unsaturated/α-hetero) is 1. The van der Waals surface area contributed by atoms with Gasteiger partial charge in [0.1, 0.15) is 5.65 Å². The molecule has 2 aromatic heterocycles. The summed E-state index contributed by atoms with van der Waals surface area (Å²) >= 11 is 5.96. The number of carbonyl (C=O) groups is 1. The van der Waals surface area contributed by atoms with Crippen molar-refractivity contribution in [2.45, 2.75) is 6.54 Å². The van der Waals surface area contributed by atoms with Gasteiger partial charge < -0.3 is 0 Å². The second-order valence-corrected chi connectivity index (χ2v) is 6.60. The molecule has 0 aliphatic heterocycles. The van der Waals surface area contributed by atoms with Crippen LogP contribution in [-0.2, 0) is 6.54 Å². The Hall–Kier alpha value is -3.24. The van der Waals surface area contributed by atoms with Crippen molar-refractivity contribution in [1.82, 2.24) is 9.55 Å². The molecule has 2 heterocycles. The van der Waals surface area contributed by atoms with E-state index < -0.39 is 0 Å². The average molecular weight is 375 g/mol. The number of fused-ring (bicyclic) bond motifs is 1. The highest BCUT2D eigenvalue weighted by molar-refractivity contribution is 6.30. The van der Waals surface area contributed by atoms with Gasteiger partial charge in [0.2, 0.25) is 0 Å². The van der Waals surface area contributed by atoms with Crippen LogP contribution in [0.3, 0.4) is 0 Å². The fraction of sp³-hybridized carbons (Fsp3) is 0.0455. The molecular weight excluding hydrogens is 360 g/mol. The molecule has 0 spiro atoms. The summed E-state index contributed by atoms with van der Waals surface area (Å²) < 4.78 is 1.44. The highest BCUT2D eigenvalue weighted by Crippen LogP contribution is 2.22. The second-order valence-electron chi connectivity index (χ2n) is 6.16. The van der Waals surface area contributed by atoms with Gasteiger partial charge in [-0.1, -0.05) is 54.1 Å². The van der Waals surface area contributed by atoms with Crippen LogP contribution in [0.5, 0.6) is 0 Å². The highest BCUT2D eigenvalue weighted by Gasteiger charge is 2.15. The van der Waals surface area contributed by atoms with Crippen molar-refractivity contribution < 1.29 is 4.79 Å². The smallest absolute Gasteiger partial charge is 0.260 e. The summed E-state index contributed by atoms with van der Waals surface area (Å²) in [6.07, 6.45) is 1.62. The van der Waals surface area contributed by atoms with Crippen molar-refractivity contribution in [2.75, 3.05) is 0 Å². The molecule has 2 aromatic carbocycles. The first-order valence-electron chi connectivity index (χ1n) is 8.46. The predicted molar refractivity (Wildman–Crippen MR) is 107 cm³/mol. The van der Waals surface area contributed by atoms with Crippen molar-refractivity contribution in [3.05, 3.63) is 99.9 Å². The standard InChI is InChI=1S/C22H15ClN2O2/c23-18-10-8-15(9-11-18)19-13-17-7-4-12-24-21(17)25(22(19)27)14-20(26)16-5-2-1-3-6-16/h1-13H,14H2. The molecule has 0 saturated heterocycles. The Morgan fingerprint density at radius 3 is 2.44 bits per heavy atom. The molecule has 0 aliphatic carbocycles. The highest BCUT2D eigenvalue weighted by atomic mass is 35.5. The van der Waals surface area contributed by atoms with Crippen molar-refractivity contribution in [1.29, 1.82) is 0 Å². The van der Waals surface area contributed by atoms with Crippen molar-refractivity contribution in [2.24, 2.45) is 0 Å². The number of nitrogens with zero attached hydrogens (tertiary/aromatic N) is 2. The molecule has 0 N–H and O–H groups in total. The fourth-order valence-corrected chi connectivity index (χ4v) is 3.17. The van der Waals surface area contributed by atoms with Crippen LogP contribution in [0.25, 0.3) is 22.2 Å². The number of benzene rings is 2. The first kappa shape index (κ1) is 17.2. The number of hydrogen-bond acceptors (Lipinski definition) is 3. The van der Waals surface area contributed by atoms with Crippen LogP contribution in [0, 0.1) is 0 Å². The number of halogens is 1. The van der Waals surface area contributed by atoms with E-state index in [1.165, 1.54) is 4.57 Å². The van der Waals surface area contributed by atoms with Crippen LogP contribution in [0.2, 0.25) is 5.02 Å². The minimum absolute atomic E-state index is 0.0716. The zero-order chi connectivity index (χ0) is 18.8. The topological polar surface area (TPSA) is 52.0 Å². The molecule has 0 amide bonds. The summed E-state index contributed by atoms with van der Waals surface area (Å²) in [5, 5.41) is 1.39. The Balaban J connectivity index is 1.88. The minimum Gasteiger partial charge on any atom is -0.292 e. The lowest BCUT2D eigenvalue weighted by Gasteiger charge is -2.12. The van der Waals surface area contributed by atoms with Gasteiger partial charge in [0.15, 0.2) is 5.78 Å². The Morgan fingerprint density at radius 1 is 0.963 bits per heavy atom. The van der Waals surface area contributed by atoms with E-state index in [-0.39, 0.29) is 17.9 Å². The van der Waals surface area contributed by atoms with Crippen molar-refractivity contribution in [3.63, 3.8) is 0 Å². The average Bonchev–Trinajstić information content (AvgIpc) is 2.71. The molecule has 0 unspecified atom stereocenters. The second kappa shape index (κ2) is 7.17. The minimum atomic E-state index is -0.257. The summed E-state index contributed by atoms with van der Waals surface area (Å²) in [4.78, 5) is 30.2. The van der Waals surface area contributed by atoms with Gasteiger partial charge in [-0.05, 0) is 35.9 Å². The largest absolute Gasteiger partial charge is 0.292 e. The summed E-state index contributed by atoms with van der Waals surface area (Å²) in [6.45, 7) is -0.0716. The molecule has 4 nitrogen and oxygen atoms in total. The zero-order valence-electron chi connectivity index (χ0n) is 14.3. The van der Waals surface area contributed by atoms with E-state index in [1.807, 2.05) is 18.2 Å². The first-order valence-corrected chi connectivity index (χ1v) is 8.84. The van der Waals surface area contributed by atoms with Crippen molar-refractivity contribution >= 4 is 28.4 Å². The van der Waals surface area contributed by atoms with Crippen LogP contribution in [0.1, 0.15) is 10.4 Å². The van der Waals surface area contributed by atoms with Gasteiger partial charge in [-0.25, -0.2) is 4.98 Å². The molecule has 0 radical (unpaired) electrons. The maximum atomic E-state index is 13.2. The molecule has 132 valence electrons. The molecule has 0 fully saturated rings. The summed E-state index contributed by atoms with van der Waals surface area (Å²) in [7, 11) is 0. The van der Waals surface area contributed by atoms with E-state index in [4.69, 9.17) is 11.6 Å². The zero-order valence-corrected chi connectivity index (χ0v) is 15.1. The van der Waals surface area contributed by atoms with Crippen LogP contribution in [0.15, 0.2) is 83.8 Å². The lowest BCUT2D eigenvalue weighted by Crippen LogP contribution is -2.26. The van der Waals surface area contributed by atoms with Gasteiger partial charge in [-0.15, -0.1) is 0 Å².